The highest BCUT2D eigenvalue weighted by Gasteiger charge is 2.75. The Morgan fingerprint density at radius 2 is 1.80 bits per heavy atom. The number of hydrogen-bond acceptors (Lipinski definition) is 6. The number of nitriles is 1. The number of aliphatic carboxylic acids is 1. The van der Waals surface area contributed by atoms with Crippen LogP contribution in [-0.2, 0) is 30.8 Å². The lowest BCUT2D eigenvalue weighted by atomic mass is 9.75. The summed E-state index contributed by atoms with van der Waals surface area (Å²) in [6.07, 6.45) is -1.67. The van der Waals surface area contributed by atoms with Gasteiger partial charge in [-0.25, -0.2) is 8.42 Å². The lowest BCUT2D eigenvalue weighted by molar-refractivity contribution is -0.161. The molecule has 2 aromatic rings. The molecule has 0 spiro atoms. The molecule has 11 heteroatoms. The number of primary amides is 1. The molecule has 184 valence electrons. The zero-order chi connectivity index (χ0) is 25.6. The first-order valence-corrected chi connectivity index (χ1v) is 13.1. The maximum Gasteiger partial charge on any atom is 0.312 e. The Morgan fingerprint density at radius 1 is 1.14 bits per heavy atom. The number of halogens is 2. The molecule has 0 radical (unpaired) electrons. The Hall–Kier alpha value is -2.64. The predicted octanol–water partition coefficient (Wildman–Crippen LogP) is 3.60. The van der Waals surface area contributed by atoms with Crippen molar-refractivity contribution in [2.24, 2.45) is 22.5 Å². The number of amides is 1. The molecule has 2 aliphatic rings. The second-order valence-corrected chi connectivity index (χ2v) is 12.1. The Labute approximate surface area is 212 Å². The van der Waals surface area contributed by atoms with Gasteiger partial charge in [0.2, 0.25) is 5.91 Å². The first kappa shape index (κ1) is 25.5. The minimum atomic E-state index is -4.06. The minimum absolute atomic E-state index is 0.0153. The largest absolute Gasteiger partial charge is 0.481 e. The van der Waals surface area contributed by atoms with Gasteiger partial charge in [-0.3, -0.25) is 9.59 Å². The molecule has 35 heavy (non-hydrogen) atoms. The van der Waals surface area contributed by atoms with Crippen LogP contribution in [-0.4, -0.2) is 36.8 Å². The smallest absolute Gasteiger partial charge is 0.312 e. The topological polar surface area (TPSA) is 148 Å². The molecule has 0 saturated heterocycles. The monoisotopic (exact) mass is 536 g/mol. The normalized spacial score (nSPS) is 29.9. The first-order valence-electron chi connectivity index (χ1n) is 10.8. The van der Waals surface area contributed by atoms with Gasteiger partial charge in [-0.2, -0.15) is 5.26 Å². The van der Waals surface area contributed by atoms with E-state index in [0.29, 0.717) is 10.6 Å². The van der Waals surface area contributed by atoms with E-state index in [1.807, 2.05) is 6.07 Å². The molecule has 2 aliphatic carbocycles. The van der Waals surface area contributed by atoms with Gasteiger partial charge in [-0.05, 0) is 49.1 Å². The summed E-state index contributed by atoms with van der Waals surface area (Å²) < 4.78 is 33.1. The molecular formula is C24H22Cl2N2O6S. The quantitative estimate of drug-likeness (QED) is 0.523. The summed E-state index contributed by atoms with van der Waals surface area (Å²) in [5.41, 5.74) is 2.67. The zero-order valence-corrected chi connectivity index (χ0v) is 20.7. The number of hydrogen-bond donors (Lipinski definition) is 2. The van der Waals surface area contributed by atoms with E-state index in [9.17, 15) is 28.4 Å². The molecule has 0 bridgehead atoms. The van der Waals surface area contributed by atoms with Crippen LogP contribution in [0.5, 0.6) is 0 Å². The average molecular weight is 537 g/mol. The van der Waals surface area contributed by atoms with Gasteiger partial charge in [0.1, 0.15) is 10.8 Å². The van der Waals surface area contributed by atoms with E-state index >= 15 is 0 Å². The number of nitrogens with two attached hydrogens (primary N) is 1. The summed E-state index contributed by atoms with van der Waals surface area (Å²) in [4.78, 5) is 24.8. The van der Waals surface area contributed by atoms with E-state index in [1.165, 1.54) is 18.2 Å². The molecule has 8 nitrogen and oxygen atoms in total. The molecule has 0 aliphatic heterocycles. The number of benzene rings is 2. The van der Waals surface area contributed by atoms with Crippen LogP contribution >= 0.6 is 23.2 Å². The van der Waals surface area contributed by atoms with Crippen LogP contribution in [0.3, 0.4) is 0 Å². The summed E-state index contributed by atoms with van der Waals surface area (Å²) >= 11 is 12.1. The summed E-state index contributed by atoms with van der Waals surface area (Å²) in [7, 11) is -4.06. The van der Waals surface area contributed by atoms with Crippen molar-refractivity contribution < 1.29 is 27.9 Å². The van der Waals surface area contributed by atoms with E-state index in [0.717, 1.165) is 0 Å². The van der Waals surface area contributed by atoms with Crippen molar-refractivity contribution in [2.45, 2.75) is 42.1 Å². The Morgan fingerprint density at radius 3 is 2.34 bits per heavy atom. The number of carboxylic acid groups (broad SMARTS) is 1. The number of carbonyl (C=O) groups excluding carboxylic acids is 1. The molecule has 2 aromatic carbocycles. The van der Waals surface area contributed by atoms with Gasteiger partial charge >= 0.3 is 5.97 Å². The highest BCUT2D eigenvalue weighted by atomic mass is 35.5. The number of nitrogens with zero attached hydrogens (tertiary/aromatic N) is 1. The van der Waals surface area contributed by atoms with Crippen molar-refractivity contribution in [3.8, 4) is 6.07 Å². The van der Waals surface area contributed by atoms with Crippen LogP contribution in [0.15, 0.2) is 53.4 Å². The van der Waals surface area contributed by atoms with Gasteiger partial charge in [0.25, 0.3) is 0 Å². The molecule has 2 saturated carbocycles. The Kier molecular flexibility index (Phi) is 6.62. The second kappa shape index (κ2) is 9.10. The molecule has 5 atom stereocenters. The predicted molar refractivity (Wildman–Crippen MR) is 127 cm³/mol. The van der Waals surface area contributed by atoms with Crippen molar-refractivity contribution in [2.75, 3.05) is 0 Å². The lowest BCUT2D eigenvalue weighted by Gasteiger charge is -2.32. The Bertz CT molecular complexity index is 1330. The fourth-order valence-corrected chi connectivity index (χ4v) is 7.68. The molecule has 3 N–H and O–H groups in total. The number of carbonyl (C=O) groups is 2. The summed E-state index contributed by atoms with van der Waals surface area (Å²) in [5, 5.41) is 19.5. The third kappa shape index (κ3) is 4.19. The SMILES string of the molecule is N#CC1(C(N)=O)CC1[C@]1(C(=O)O)C[C@@H](S(=O)(=O)c2ccccc2Cl)C[C@H]1OCc1ccc(Cl)cc1. The zero-order valence-electron chi connectivity index (χ0n) is 18.4. The van der Waals surface area contributed by atoms with Crippen molar-refractivity contribution in [1.82, 2.24) is 0 Å². The fraction of sp³-hybridized carbons (Fsp3) is 0.375. The summed E-state index contributed by atoms with van der Waals surface area (Å²) in [6, 6.07) is 14.5. The van der Waals surface area contributed by atoms with E-state index < -0.39 is 49.8 Å². The van der Waals surface area contributed by atoms with Crippen molar-refractivity contribution >= 4 is 44.9 Å². The average Bonchev–Trinajstić information content (AvgIpc) is 3.45. The first-order chi connectivity index (χ1) is 16.5. The van der Waals surface area contributed by atoms with Crippen LogP contribution in [0.2, 0.25) is 10.0 Å². The third-order valence-corrected chi connectivity index (χ3v) is 10.1. The second-order valence-electron chi connectivity index (χ2n) is 9.01. The van der Waals surface area contributed by atoms with Gasteiger partial charge in [0.05, 0.1) is 33.9 Å². The minimum Gasteiger partial charge on any atom is -0.481 e. The van der Waals surface area contributed by atoms with Gasteiger partial charge < -0.3 is 15.6 Å². The maximum atomic E-state index is 13.5. The molecule has 4 rings (SSSR count). The molecule has 1 amide bonds. The Balaban J connectivity index is 1.74. The maximum absolute atomic E-state index is 13.5. The highest BCUT2D eigenvalue weighted by molar-refractivity contribution is 7.92. The van der Waals surface area contributed by atoms with E-state index in [-0.39, 0.29) is 35.8 Å². The number of ether oxygens (including phenoxy) is 1. The van der Waals surface area contributed by atoms with Crippen LogP contribution in [0.25, 0.3) is 0 Å². The van der Waals surface area contributed by atoms with Crippen molar-refractivity contribution in [3.63, 3.8) is 0 Å². The van der Waals surface area contributed by atoms with Crippen LogP contribution in [0.1, 0.15) is 24.8 Å². The number of rotatable bonds is 8. The molecule has 0 aromatic heterocycles. The van der Waals surface area contributed by atoms with Gasteiger partial charge in [0, 0.05) is 10.9 Å². The standard InChI is InChI=1S/C24H22Cl2N2O6S/c25-15-7-5-14(6-8-15)12-34-20-9-16(35(32,33)18-4-2-1-3-17(18)26)10-24(20,22(30)31)19-11-23(19,13-27)21(28)29/h1-8,16,19-20H,9-12H2,(H2,28,29)(H,30,31)/t16-,19?,20+,23?,24+/m0/s1. The number of carboxylic acids is 1. The molecule has 2 fully saturated rings. The van der Waals surface area contributed by atoms with Crippen LogP contribution < -0.4 is 5.73 Å². The van der Waals surface area contributed by atoms with Gasteiger partial charge in [-0.1, -0.05) is 47.5 Å². The summed E-state index contributed by atoms with van der Waals surface area (Å²) in [5.74, 6) is -3.25. The lowest BCUT2D eigenvalue weighted by Crippen LogP contribution is -2.45. The highest BCUT2D eigenvalue weighted by Crippen LogP contribution is 2.66. The van der Waals surface area contributed by atoms with Crippen molar-refractivity contribution in [1.29, 1.82) is 5.26 Å². The molecule has 0 heterocycles. The van der Waals surface area contributed by atoms with E-state index in [2.05, 4.69) is 0 Å². The van der Waals surface area contributed by atoms with E-state index in [4.69, 9.17) is 33.7 Å². The van der Waals surface area contributed by atoms with E-state index in [1.54, 1.807) is 30.3 Å². The summed E-state index contributed by atoms with van der Waals surface area (Å²) in [6.45, 7) is -0.0153. The fourth-order valence-electron chi connectivity index (χ4n) is 5.20. The van der Waals surface area contributed by atoms with Crippen LogP contribution in [0, 0.1) is 28.1 Å². The van der Waals surface area contributed by atoms with Crippen LogP contribution in [0.4, 0.5) is 0 Å². The van der Waals surface area contributed by atoms with Gasteiger partial charge in [-0.15, -0.1) is 0 Å². The molecular weight excluding hydrogens is 515 g/mol. The van der Waals surface area contributed by atoms with Crippen molar-refractivity contribution in [3.05, 3.63) is 64.1 Å². The number of sulfone groups is 1. The molecule has 2 unspecified atom stereocenters. The third-order valence-electron chi connectivity index (χ3n) is 7.18. The van der Waals surface area contributed by atoms with Gasteiger partial charge in [0.15, 0.2) is 9.84 Å².